The van der Waals surface area contributed by atoms with Crippen molar-refractivity contribution in [2.75, 3.05) is 13.2 Å². The topological polar surface area (TPSA) is 78.9 Å². The molecule has 0 fully saturated rings. The van der Waals surface area contributed by atoms with E-state index in [1.54, 1.807) is 0 Å². The minimum Gasteiger partial charge on any atom is -0.462 e. The predicted octanol–water partition coefficient (Wildman–Crippen LogP) is 23.2. The average molecular weight is 1110 g/mol. The summed E-state index contributed by atoms with van der Waals surface area (Å²) < 4.78 is 16.9. The average Bonchev–Trinajstić information content (AvgIpc) is 3.46. The van der Waals surface area contributed by atoms with Crippen LogP contribution in [0.4, 0.5) is 0 Å². The Morgan fingerprint density at radius 1 is 0.263 bits per heavy atom. The fourth-order valence-electron chi connectivity index (χ4n) is 9.14. The SMILES string of the molecule is CC/C=C\C/C=C\C/C=C\C/C=C\C/C=C\C/C=C\C/C=C\C/C=C\CCCCCCCCCCC(=O)OCC(COC(=O)CCCCCCC/C=C\CCCC)OC(=O)CCCCCCCCC/C=C\CCCCCCCCC. The van der Waals surface area contributed by atoms with Crippen LogP contribution in [-0.2, 0) is 28.6 Å². The summed E-state index contributed by atoms with van der Waals surface area (Å²) in [5, 5.41) is 0. The van der Waals surface area contributed by atoms with Crippen LogP contribution in [-0.4, -0.2) is 37.2 Å². The van der Waals surface area contributed by atoms with E-state index in [1.807, 2.05) is 0 Å². The van der Waals surface area contributed by atoms with E-state index in [0.717, 1.165) is 122 Å². The first-order valence-electron chi connectivity index (χ1n) is 33.5. The molecule has 0 aliphatic carbocycles. The second-order valence-corrected chi connectivity index (χ2v) is 22.0. The number of allylic oxidation sites excluding steroid dienone is 20. The van der Waals surface area contributed by atoms with E-state index in [4.69, 9.17) is 14.2 Å². The third-order valence-electron chi connectivity index (χ3n) is 14.2. The van der Waals surface area contributed by atoms with Gasteiger partial charge in [0.05, 0.1) is 0 Å². The molecule has 0 bridgehead atoms. The molecule has 0 heterocycles. The van der Waals surface area contributed by atoms with Crippen molar-refractivity contribution in [3.63, 3.8) is 0 Å². The highest BCUT2D eigenvalue weighted by Gasteiger charge is 2.19. The molecule has 1 atom stereocenters. The zero-order valence-corrected chi connectivity index (χ0v) is 52.3. The Hall–Kier alpha value is -4.19. The van der Waals surface area contributed by atoms with Gasteiger partial charge in [-0.15, -0.1) is 0 Å². The van der Waals surface area contributed by atoms with Gasteiger partial charge >= 0.3 is 17.9 Å². The smallest absolute Gasteiger partial charge is 0.306 e. The minimum absolute atomic E-state index is 0.0868. The van der Waals surface area contributed by atoms with E-state index in [1.165, 1.54) is 148 Å². The number of ether oxygens (including phenoxy) is 3. The van der Waals surface area contributed by atoms with Crippen LogP contribution < -0.4 is 0 Å². The molecule has 0 radical (unpaired) electrons. The fourth-order valence-corrected chi connectivity index (χ4v) is 9.14. The van der Waals surface area contributed by atoms with Crippen LogP contribution in [0.15, 0.2) is 122 Å². The molecule has 0 aromatic rings. The molecule has 0 aromatic heterocycles. The Balaban J connectivity index is 4.26. The lowest BCUT2D eigenvalue weighted by Gasteiger charge is -2.18. The van der Waals surface area contributed by atoms with Crippen molar-refractivity contribution in [3.05, 3.63) is 122 Å². The highest BCUT2D eigenvalue weighted by molar-refractivity contribution is 5.71. The molecular weight excluding hydrogens is 985 g/mol. The highest BCUT2D eigenvalue weighted by atomic mass is 16.6. The molecule has 0 aliphatic rings. The molecule has 0 aromatic carbocycles. The number of hydrogen-bond acceptors (Lipinski definition) is 6. The number of hydrogen-bond donors (Lipinski definition) is 0. The molecule has 0 N–H and O–H groups in total. The Kier molecular flexibility index (Phi) is 63.8. The summed E-state index contributed by atoms with van der Waals surface area (Å²) in [6.07, 6.45) is 93.6. The van der Waals surface area contributed by atoms with Crippen LogP contribution in [0.2, 0.25) is 0 Å². The second-order valence-electron chi connectivity index (χ2n) is 22.0. The van der Waals surface area contributed by atoms with E-state index >= 15 is 0 Å². The maximum absolute atomic E-state index is 12.9. The van der Waals surface area contributed by atoms with Crippen molar-refractivity contribution in [1.82, 2.24) is 0 Å². The van der Waals surface area contributed by atoms with Gasteiger partial charge in [0.1, 0.15) is 13.2 Å². The zero-order valence-electron chi connectivity index (χ0n) is 52.3. The first-order valence-corrected chi connectivity index (χ1v) is 33.5. The van der Waals surface area contributed by atoms with Gasteiger partial charge in [0, 0.05) is 19.3 Å². The summed E-state index contributed by atoms with van der Waals surface area (Å²) in [6, 6.07) is 0. The molecule has 0 saturated heterocycles. The van der Waals surface area contributed by atoms with Gasteiger partial charge in [0.15, 0.2) is 6.10 Å². The predicted molar refractivity (Wildman–Crippen MR) is 348 cm³/mol. The Morgan fingerprint density at radius 2 is 0.500 bits per heavy atom. The molecular formula is C74H124O6. The van der Waals surface area contributed by atoms with Gasteiger partial charge in [0.2, 0.25) is 0 Å². The third kappa shape index (κ3) is 64.6. The standard InChI is InChI=1S/C74H124O6/c1-4-7-10-13-16-19-22-24-26-28-30-31-32-33-34-35-36-37-38-39-40-41-42-43-44-46-47-49-52-55-58-61-64-67-73(76)79-70-71(69-78-72(75)66-63-60-57-54-51-21-18-15-12-9-6-3)80-74(77)68-65-62-59-56-53-50-48-45-29-27-25-23-20-17-14-11-8-5-2/h7,10,15-16,18-19,24,26-27,29-31,33-34,36-37,39-40,42-43,71H,4-6,8-9,11-14,17,20-23,25,28,32,35,38,41,44-70H2,1-3H3/b10-7-,18-15-,19-16-,26-24-,29-27-,31-30-,34-33-,37-36-,40-39-,43-42-. The Bertz CT molecular complexity index is 1650. The van der Waals surface area contributed by atoms with Crippen molar-refractivity contribution in [1.29, 1.82) is 0 Å². The second kappa shape index (κ2) is 67.3. The van der Waals surface area contributed by atoms with Gasteiger partial charge in [-0.25, -0.2) is 0 Å². The van der Waals surface area contributed by atoms with Gasteiger partial charge in [-0.1, -0.05) is 284 Å². The lowest BCUT2D eigenvalue weighted by molar-refractivity contribution is -0.167. The number of rotatable bonds is 60. The molecule has 0 amide bonds. The number of carbonyl (C=O) groups excluding carboxylic acids is 3. The summed E-state index contributed by atoms with van der Waals surface area (Å²) >= 11 is 0. The molecule has 456 valence electrons. The van der Waals surface area contributed by atoms with Crippen LogP contribution in [0.25, 0.3) is 0 Å². The molecule has 0 spiro atoms. The molecule has 6 heteroatoms. The van der Waals surface area contributed by atoms with Crippen molar-refractivity contribution in [3.8, 4) is 0 Å². The monoisotopic (exact) mass is 1110 g/mol. The summed E-state index contributed by atoms with van der Waals surface area (Å²) in [5.41, 5.74) is 0. The number of unbranched alkanes of at least 4 members (excludes halogenated alkanes) is 29. The molecule has 0 rings (SSSR count). The summed E-state index contributed by atoms with van der Waals surface area (Å²) in [4.78, 5) is 38.3. The van der Waals surface area contributed by atoms with Crippen molar-refractivity contribution in [2.45, 2.75) is 316 Å². The first kappa shape index (κ1) is 75.8. The minimum atomic E-state index is -0.790. The lowest BCUT2D eigenvalue weighted by atomic mass is 10.1. The summed E-state index contributed by atoms with van der Waals surface area (Å²) in [5.74, 6) is -0.903. The normalized spacial score (nSPS) is 12.9. The van der Waals surface area contributed by atoms with Gasteiger partial charge < -0.3 is 14.2 Å². The van der Waals surface area contributed by atoms with E-state index < -0.39 is 6.10 Å². The maximum Gasteiger partial charge on any atom is 0.306 e. The zero-order chi connectivity index (χ0) is 57.8. The van der Waals surface area contributed by atoms with Crippen molar-refractivity contribution >= 4 is 17.9 Å². The quantitative estimate of drug-likeness (QED) is 0.0261. The Labute approximate surface area is 494 Å². The highest BCUT2D eigenvalue weighted by Crippen LogP contribution is 2.16. The van der Waals surface area contributed by atoms with Gasteiger partial charge in [-0.05, 0) is 128 Å². The lowest BCUT2D eigenvalue weighted by Crippen LogP contribution is -2.30. The third-order valence-corrected chi connectivity index (χ3v) is 14.2. The molecule has 0 aliphatic heterocycles. The van der Waals surface area contributed by atoms with Crippen LogP contribution in [0, 0.1) is 0 Å². The van der Waals surface area contributed by atoms with Gasteiger partial charge in [0.25, 0.3) is 0 Å². The summed E-state index contributed by atoms with van der Waals surface area (Å²) in [7, 11) is 0. The van der Waals surface area contributed by atoms with Crippen LogP contribution in [0.5, 0.6) is 0 Å². The first-order chi connectivity index (χ1) is 39.5. The molecule has 0 saturated carbocycles. The van der Waals surface area contributed by atoms with E-state index in [-0.39, 0.29) is 31.1 Å². The Morgan fingerprint density at radius 3 is 0.812 bits per heavy atom. The molecule has 1 unspecified atom stereocenters. The van der Waals surface area contributed by atoms with E-state index in [2.05, 4.69) is 142 Å². The number of esters is 3. The van der Waals surface area contributed by atoms with Crippen LogP contribution in [0.3, 0.4) is 0 Å². The van der Waals surface area contributed by atoms with Crippen molar-refractivity contribution < 1.29 is 28.6 Å². The van der Waals surface area contributed by atoms with Crippen molar-refractivity contribution in [2.24, 2.45) is 0 Å². The fraction of sp³-hybridized carbons (Fsp3) is 0.689. The molecule has 6 nitrogen and oxygen atoms in total. The summed E-state index contributed by atoms with van der Waals surface area (Å²) in [6.45, 7) is 6.48. The molecule has 80 heavy (non-hydrogen) atoms. The van der Waals surface area contributed by atoms with Crippen LogP contribution >= 0.6 is 0 Å². The number of carbonyl (C=O) groups is 3. The largest absolute Gasteiger partial charge is 0.462 e. The maximum atomic E-state index is 12.9. The van der Waals surface area contributed by atoms with Gasteiger partial charge in [-0.2, -0.15) is 0 Å². The van der Waals surface area contributed by atoms with E-state index in [9.17, 15) is 14.4 Å². The van der Waals surface area contributed by atoms with E-state index in [0.29, 0.717) is 19.3 Å². The van der Waals surface area contributed by atoms with Crippen LogP contribution in [0.1, 0.15) is 310 Å². The van der Waals surface area contributed by atoms with Gasteiger partial charge in [-0.3, -0.25) is 14.4 Å².